The number of thioether (sulfide) groups is 1. The van der Waals surface area contributed by atoms with Gasteiger partial charge in [0.15, 0.2) is 5.82 Å². The van der Waals surface area contributed by atoms with E-state index in [-0.39, 0.29) is 0 Å². The molecule has 0 radical (unpaired) electrons. The van der Waals surface area contributed by atoms with Gasteiger partial charge in [0.1, 0.15) is 6.04 Å². The molecule has 0 bridgehead atoms. The first-order chi connectivity index (χ1) is 6.93. The normalized spacial score (nSPS) is 13.8. The van der Waals surface area contributed by atoms with Crippen LogP contribution in [0.4, 0.5) is 0 Å². The number of hydrogen-bond donors (Lipinski definition) is 2. The van der Waals surface area contributed by atoms with Crippen LogP contribution in [0, 0.1) is 0 Å². The third-order valence-electron chi connectivity index (χ3n) is 2.00. The molecule has 1 heterocycles. The summed E-state index contributed by atoms with van der Waals surface area (Å²) in [5.41, 5.74) is 5.55. The average Bonchev–Trinajstić information content (AvgIpc) is 2.66. The molecule has 84 valence electrons. The summed E-state index contributed by atoms with van der Waals surface area (Å²) in [5.74, 6) is -0.00363. The second-order valence-electron chi connectivity index (χ2n) is 3.56. The van der Waals surface area contributed by atoms with Crippen LogP contribution in [0.1, 0.15) is 19.7 Å². The lowest BCUT2D eigenvalue weighted by atomic mass is 10.1. The molecule has 1 atom stereocenters. The van der Waals surface area contributed by atoms with E-state index in [9.17, 15) is 4.79 Å². The van der Waals surface area contributed by atoms with Crippen LogP contribution in [0.5, 0.6) is 0 Å². The van der Waals surface area contributed by atoms with Crippen LogP contribution in [-0.4, -0.2) is 32.0 Å². The number of aromatic nitrogens is 2. The molecule has 0 fully saturated rings. The topological polar surface area (TPSA) is 102 Å². The largest absolute Gasteiger partial charge is 0.480 e. The maximum Gasteiger partial charge on any atom is 0.321 e. The Morgan fingerprint density at radius 2 is 2.47 bits per heavy atom. The van der Waals surface area contributed by atoms with Gasteiger partial charge >= 0.3 is 5.97 Å². The van der Waals surface area contributed by atoms with Gasteiger partial charge in [-0.1, -0.05) is 5.16 Å². The summed E-state index contributed by atoms with van der Waals surface area (Å²) in [6.45, 7) is 3.55. The zero-order chi connectivity index (χ0) is 11.5. The number of rotatable bonds is 5. The van der Waals surface area contributed by atoms with Crippen molar-refractivity contribution in [2.75, 3.05) is 0 Å². The zero-order valence-corrected chi connectivity index (χ0v) is 9.32. The van der Waals surface area contributed by atoms with Crippen molar-refractivity contribution in [3.8, 4) is 0 Å². The van der Waals surface area contributed by atoms with Crippen molar-refractivity contribution in [1.82, 2.24) is 10.1 Å². The fourth-order valence-corrected chi connectivity index (χ4v) is 1.80. The first-order valence-corrected chi connectivity index (χ1v) is 5.29. The molecule has 0 unspecified atom stereocenters. The van der Waals surface area contributed by atoms with Crippen molar-refractivity contribution < 1.29 is 14.4 Å². The molecule has 0 saturated carbocycles. The molecule has 1 aromatic rings. The predicted molar refractivity (Wildman–Crippen MR) is 55.3 cm³/mol. The van der Waals surface area contributed by atoms with E-state index in [0.717, 1.165) is 0 Å². The Bertz CT molecular complexity index is 326. The van der Waals surface area contributed by atoms with Gasteiger partial charge in [-0.2, -0.15) is 4.98 Å². The number of nitrogens with two attached hydrogens (primary N) is 1. The molecule has 0 saturated heterocycles. The van der Waals surface area contributed by atoms with Crippen LogP contribution < -0.4 is 5.73 Å². The van der Waals surface area contributed by atoms with Crippen molar-refractivity contribution in [1.29, 1.82) is 0 Å². The van der Waals surface area contributed by atoms with Crippen LogP contribution in [-0.2, 0) is 10.5 Å². The summed E-state index contributed by atoms with van der Waals surface area (Å²) in [7, 11) is 0. The van der Waals surface area contributed by atoms with E-state index in [1.54, 1.807) is 13.8 Å². The Hall–Kier alpha value is -1.08. The van der Waals surface area contributed by atoms with Crippen molar-refractivity contribution >= 4 is 17.7 Å². The lowest BCUT2D eigenvalue weighted by Crippen LogP contribution is -2.46. The molecule has 0 amide bonds. The number of hydrogen-bond acceptors (Lipinski definition) is 6. The second kappa shape index (κ2) is 4.63. The average molecular weight is 231 g/mol. The first kappa shape index (κ1) is 12.0. The SMILES string of the molecule is CC(C)(SCc1ncon1)[C@@H](N)C(=O)O. The van der Waals surface area contributed by atoms with Crippen LogP contribution in [0.3, 0.4) is 0 Å². The lowest BCUT2D eigenvalue weighted by Gasteiger charge is -2.27. The summed E-state index contributed by atoms with van der Waals surface area (Å²) in [6, 6.07) is -0.922. The molecule has 15 heavy (non-hydrogen) atoms. The Morgan fingerprint density at radius 3 is 2.93 bits per heavy atom. The number of nitrogens with zero attached hydrogens (tertiary/aromatic N) is 2. The van der Waals surface area contributed by atoms with E-state index in [0.29, 0.717) is 11.6 Å². The molecule has 0 spiro atoms. The summed E-state index contributed by atoms with van der Waals surface area (Å²) in [5, 5.41) is 12.4. The fraction of sp³-hybridized carbons (Fsp3) is 0.625. The van der Waals surface area contributed by atoms with Gasteiger partial charge in [-0.15, -0.1) is 11.8 Å². The Morgan fingerprint density at radius 1 is 1.80 bits per heavy atom. The smallest absolute Gasteiger partial charge is 0.321 e. The van der Waals surface area contributed by atoms with E-state index in [1.807, 2.05) is 0 Å². The molecular formula is C8H13N3O3S. The van der Waals surface area contributed by atoms with Gasteiger partial charge in [-0.25, -0.2) is 0 Å². The molecular weight excluding hydrogens is 218 g/mol. The second-order valence-corrected chi connectivity index (χ2v) is 5.19. The van der Waals surface area contributed by atoms with Crippen molar-refractivity contribution in [2.45, 2.75) is 30.4 Å². The monoisotopic (exact) mass is 231 g/mol. The first-order valence-electron chi connectivity index (χ1n) is 4.31. The van der Waals surface area contributed by atoms with Gasteiger partial charge in [0.05, 0.1) is 5.75 Å². The van der Waals surface area contributed by atoms with Crippen molar-refractivity contribution in [3.63, 3.8) is 0 Å². The number of carboxylic acid groups (broad SMARTS) is 1. The molecule has 1 rings (SSSR count). The standard InChI is InChI=1S/C8H13N3O3S/c1-8(2,6(9)7(12)13)15-3-5-10-4-14-11-5/h4,6H,3,9H2,1-2H3,(H,12,13)/t6-/m0/s1. The van der Waals surface area contributed by atoms with Gasteiger partial charge in [0.25, 0.3) is 0 Å². The highest BCUT2D eigenvalue weighted by molar-refractivity contribution is 7.99. The van der Waals surface area contributed by atoms with Gasteiger partial charge < -0.3 is 15.4 Å². The quantitative estimate of drug-likeness (QED) is 0.760. The summed E-state index contributed by atoms with van der Waals surface area (Å²) < 4.78 is 3.99. The highest BCUT2D eigenvalue weighted by Gasteiger charge is 2.32. The summed E-state index contributed by atoms with van der Waals surface area (Å²) >= 11 is 1.38. The van der Waals surface area contributed by atoms with Gasteiger partial charge in [-0.05, 0) is 13.8 Å². The highest BCUT2D eigenvalue weighted by atomic mass is 32.2. The third kappa shape index (κ3) is 3.21. The van der Waals surface area contributed by atoms with E-state index in [4.69, 9.17) is 10.8 Å². The number of carboxylic acids is 1. The fourth-order valence-electron chi connectivity index (χ4n) is 0.894. The minimum Gasteiger partial charge on any atom is -0.480 e. The summed E-state index contributed by atoms with van der Waals surface area (Å²) in [6.07, 6.45) is 1.24. The van der Waals surface area contributed by atoms with Crippen molar-refractivity contribution in [3.05, 3.63) is 12.2 Å². The molecule has 0 aromatic carbocycles. The van der Waals surface area contributed by atoms with E-state index < -0.39 is 16.8 Å². The summed E-state index contributed by atoms with van der Waals surface area (Å²) in [4.78, 5) is 14.6. The minimum atomic E-state index is -1.01. The molecule has 0 aliphatic heterocycles. The van der Waals surface area contributed by atoms with Crippen LogP contribution in [0.2, 0.25) is 0 Å². The molecule has 6 nitrogen and oxygen atoms in total. The van der Waals surface area contributed by atoms with Gasteiger partial charge in [0.2, 0.25) is 6.39 Å². The van der Waals surface area contributed by atoms with E-state index in [2.05, 4.69) is 14.7 Å². The molecule has 3 N–H and O–H groups in total. The van der Waals surface area contributed by atoms with Crippen molar-refractivity contribution in [2.24, 2.45) is 5.73 Å². The van der Waals surface area contributed by atoms with Gasteiger partial charge in [0, 0.05) is 4.75 Å². The third-order valence-corrected chi connectivity index (χ3v) is 3.40. The highest BCUT2D eigenvalue weighted by Crippen LogP contribution is 2.29. The maximum atomic E-state index is 10.7. The molecule has 0 aliphatic rings. The van der Waals surface area contributed by atoms with Crippen LogP contribution >= 0.6 is 11.8 Å². The zero-order valence-electron chi connectivity index (χ0n) is 8.51. The van der Waals surface area contributed by atoms with Crippen LogP contribution in [0.25, 0.3) is 0 Å². The Labute approximate surface area is 91.2 Å². The molecule has 7 heteroatoms. The maximum absolute atomic E-state index is 10.7. The lowest BCUT2D eigenvalue weighted by molar-refractivity contribution is -0.139. The van der Waals surface area contributed by atoms with Gasteiger partial charge in [-0.3, -0.25) is 4.79 Å². The number of carbonyl (C=O) groups is 1. The molecule has 0 aliphatic carbocycles. The minimum absolute atomic E-state index is 0.477. The Kier molecular flexibility index (Phi) is 3.70. The number of aliphatic carboxylic acids is 1. The molecule has 1 aromatic heterocycles. The predicted octanol–water partition coefficient (Wildman–Crippen LogP) is 0.493. The van der Waals surface area contributed by atoms with E-state index in [1.165, 1.54) is 18.2 Å². The van der Waals surface area contributed by atoms with E-state index >= 15 is 0 Å². The Balaban J connectivity index is 2.53. The van der Waals surface area contributed by atoms with Crippen LogP contribution in [0.15, 0.2) is 10.9 Å².